The van der Waals surface area contributed by atoms with Gasteiger partial charge in [0.2, 0.25) is 0 Å². The first-order valence-corrected chi connectivity index (χ1v) is 9.18. The first kappa shape index (κ1) is 19.2. The van der Waals surface area contributed by atoms with E-state index in [9.17, 15) is 0 Å². The van der Waals surface area contributed by atoms with E-state index in [0.29, 0.717) is 17.1 Å². The lowest BCUT2D eigenvalue weighted by atomic mass is 10.1. The SMILES string of the molecule is CCCOC[C@@H]1SC(COC)[C@H](OCCC)[C@H]1OCCC. The molecule has 21 heavy (non-hydrogen) atoms. The minimum absolute atomic E-state index is 0.108. The summed E-state index contributed by atoms with van der Waals surface area (Å²) in [4.78, 5) is 0. The summed E-state index contributed by atoms with van der Waals surface area (Å²) in [6, 6.07) is 0. The average Bonchev–Trinajstić information content (AvgIpc) is 2.80. The van der Waals surface area contributed by atoms with Crippen molar-refractivity contribution < 1.29 is 18.9 Å². The third kappa shape index (κ3) is 6.45. The molecule has 0 saturated carbocycles. The van der Waals surface area contributed by atoms with E-state index in [1.165, 1.54) is 0 Å². The standard InChI is InChI=1S/C16H32O4S/c1-5-8-18-12-14-16(20-10-7-3)15(19-9-6-2)13(21-14)11-17-4/h13-16H,5-12H2,1-4H3/t13?,14-,15-,16-/m0/s1. The molecule has 0 spiro atoms. The van der Waals surface area contributed by atoms with Crippen LogP contribution in [0.1, 0.15) is 40.0 Å². The van der Waals surface area contributed by atoms with Crippen LogP contribution in [0.15, 0.2) is 0 Å². The number of methoxy groups -OCH3 is 1. The predicted octanol–water partition coefficient (Wildman–Crippen LogP) is 3.13. The normalized spacial score (nSPS) is 29.1. The second kappa shape index (κ2) is 11.7. The van der Waals surface area contributed by atoms with Crippen LogP contribution in [-0.4, -0.2) is 62.9 Å². The molecule has 1 saturated heterocycles. The lowest BCUT2D eigenvalue weighted by Gasteiger charge is -2.26. The molecule has 0 aromatic rings. The van der Waals surface area contributed by atoms with E-state index in [1.54, 1.807) is 7.11 Å². The molecule has 1 heterocycles. The van der Waals surface area contributed by atoms with E-state index in [4.69, 9.17) is 18.9 Å². The van der Waals surface area contributed by atoms with Crippen molar-refractivity contribution in [1.29, 1.82) is 0 Å². The average molecular weight is 320 g/mol. The zero-order chi connectivity index (χ0) is 15.5. The Labute approximate surface area is 134 Å². The number of hydrogen-bond acceptors (Lipinski definition) is 5. The fraction of sp³-hybridized carbons (Fsp3) is 1.00. The number of hydrogen-bond donors (Lipinski definition) is 0. The number of thioether (sulfide) groups is 1. The van der Waals surface area contributed by atoms with Gasteiger partial charge in [-0.25, -0.2) is 0 Å². The second-order valence-corrected chi connectivity index (χ2v) is 6.90. The lowest BCUT2D eigenvalue weighted by molar-refractivity contribution is -0.0776. The summed E-state index contributed by atoms with van der Waals surface area (Å²) in [7, 11) is 1.75. The molecule has 1 unspecified atom stereocenters. The van der Waals surface area contributed by atoms with Crippen LogP contribution in [0.4, 0.5) is 0 Å². The van der Waals surface area contributed by atoms with Gasteiger partial charge >= 0.3 is 0 Å². The lowest BCUT2D eigenvalue weighted by Crippen LogP contribution is -2.40. The second-order valence-electron chi connectivity index (χ2n) is 5.41. The van der Waals surface area contributed by atoms with Crippen LogP contribution in [0.2, 0.25) is 0 Å². The molecule has 1 aliphatic rings. The summed E-state index contributed by atoms with van der Waals surface area (Å²) in [5, 5.41) is 0.670. The van der Waals surface area contributed by atoms with Crippen LogP contribution >= 0.6 is 11.8 Å². The largest absolute Gasteiger partial charge is 0.383 e. The molecule has 126 valence electrons. The molecule has 1 rings (SSSR count). The van der Waals surface area contributed by atoms with Crippen LogP contribution in [0, 0.1) is 0 Å². The predicted molar refractivity (Wildman–Crippen MR) is 88.2 cm³/mol. The first-order valence-electron chi connectivity index (χ1n) is 8.23. The van der Waals surface area contributed by atoms with Crippen molar-refractivity contribution in [3.05, 3.63) is 0 Å². The zero-order valence-electron chi connectivity index (χ0n) is 14.0. The molecule has 0 amide bonds. The third-order valence-electron chi connectivity index (χ3n) is 3.40. The van der Waals surface area contributed by atoms with Gasteiger partial charge in [0.1, 0.15) is 0 Å². The molecule has 4 nitrogen and oxygen atoms in total. The smallest absolute Gasteiger partial charge is 0.0989 e. The molecular formula is C16H32O4S. The quantitative estimate of drug-likeness (QED) is 0.516. The topological polar surface area (TPSA) is 36.9 Å². The van der Waals surface area contributed by atoms with Crippen LogP contribution < -0.4 is 0 Å². The molecule has 1 aliphatic heterocycles. The molecule has 1 fully saturated rings. The summed E-state index contributed by atoms with van der Waals surface area (Å²) >= 11 is 1.90. The highest BCUT2D eigenvalue weighted by molar-refractivity contribution is 8.01. The summed E-state index contributed by atoms with van der Waals surface area (Å²) in [5.74, 6) is 0. The van der Waals surface area contributed by atoms with Crippen LogP contribution in [0.3, 0.4) is 0 Å². The molecule has 4 atom stereocenters. The molecule has 0 bridgehead atoms. The minimum atomic E-state index is 0.108. The maximum atomic E-state index is 6.10. The molecule has 0 radical (unpaired) electrons. The van der Waals surface area contributed by atoms with Gasteiger partial charge in [0.05, 0.1) is 35.9 Å². The van der Waals surface area contributed by atoms with Gasteiger partial charge in [-0.15, -0.1) is 11.8 Å². The van der Waals surface area contributed by atoms with Gasteiger partial charge in [0, 0.05) is 26.9 Å². The Morgan fingerprint density at radius 2 is 1.29 bits per heavy atom. The minimum Gasteiger partial charge on any atom is -0.383 e. The summed E-state index contributed by atoms with van der Waals surface area (Å²) in [6.45, 7) is 10.2. The molecular weight excluding hydrogens is 288 g/mol. The van der Waals surface area contributed by atoms with Gasteiger partial charge in [-0.1, -0.05) is 20.8 Å². The van der Waals surface area contributed by atoms with Crippen LogP contribution in [0.5, 0.6) is 0 Å². The van der Waals surface area contributed by atoms with Crippen molar-refractivity contribution in [2.45, 2.75) is 62.7 Å². The highest BCUT2D eigenvalue weighted by Crippen LogP contribution is 2.38. The monoisotopic (exact) mass is 320 g/mol. The summed E-state index contributed by atoms with van der Waals surface area (Å²) in [5.41, 5.74) is 0. The fourth-order valence-corrected chi connectivity index (χ4v) is 4.11. The Kier molecular flexibility index (Phi) is 10.7. The van der Waals surface area contributed by atoms with Gasteiger partial charge in [-0.3, -0.25) is 0 Å². The van der Waals surface area contributed by atoms with E-state index < -0.39 is 0 Å². The first-order chi connectivity index (χ1) is 10.3. The van der Waals surface area contributed by atoms with E-state index in [2.05, 4.69) is 20.8 Å². The number of ether oxygens (including phenoxy) is 4. The van der Waals surface area contributed by atoms with Crippen LogP contribution in [-0.2, 0) is 18.9 Å². The van der Waals surface area contributed by atoms with Gasteiger partial charge in [-0.05, 0) is 19.3 Å². The third-order valence-corrected chi connectivity index (χ3v) is 4.90. The van der Waals surface area contributed by atoms with Crippen molar-refractivity contribution in [2.24, 2.45) is 0 Å². The molecule has 0 aromatic heterocycles. The van der Waals surface area contributed by atoms with Gasteiger partial charge in [0.25, 0.3) is 0 Å². The van der Waals surface area contributed by atoms with Gasteiger partial charge in [-0.2, -0.15) is 0 Å². The maximum absolute atomic E-state index is 6.10. The van der Waals surface area contributed by atoms with Gasteiger partial charge in [0.15, 0.2) is 0 Å². The molecule has 0 aliphatic carbocycles. The Hall–Kier alpha value is 0.190. The summed E-state index contributed by atoms with van der Waals surface area (Å²) < 4.78 is 23.3. The highest BCUT2D eigenvalue weighted by Gasteiger charge is 2.45. The Bertz CT molecular complexity index is 252. The Morgan fingerprint density at radius 3 is 1.76 bits per heavy atom. The Balaban J connectivity index is 2.65. The molecule has 0 N–H and O–H groups in total. The molecule has 0 aromatic carbocycles. The maximum Gasteiger partial charge on any atom is 0.0989 e. The van der Waals surface area contributed by atoms with Crippen molar-refractivity contribution in [2.75, 3.05) is 40.1 Å². The number of rotatable bonds is 12. The van der Waals surface area contributed by atoms with Crippen molar-refractivity contribution in [3.8, 4) is 0 Å². The van der Waals surface area contributed by atoms with E-state index in [1.807, 2.05) is 11.8 Å². The van der Waals surface area contributed by atoms with E-state index >= 15 is 0 Å². The van der Waals surface area contributed by atoms with Crippen molar-refractivity contribution in [1.82, 2.24) is 0 Å². The summed E-state index contributed by atoms with van der Waals surface area (Å²) in [6.07, 6.45) is 3.32. The van der Waals surface area contributed by atoms with Crippen LogP contribution in [0.25, 0.3) is 0 Å². The van der Waals surface area contributed by atoms with Crippen molar-refractivity contribution in [3.63, 3.8) is 0 Å². The van der Waals surface area contributed by atoms with E-state index in [0.717, 1.165) is 45.7 Å². The van der Waals surface area contributed by atoms with E-state index in [-0.39, 0.29) is 12.2 Å². The Morgan fingerprint density at radius 1 is 0.762 bits per heavy atom. The highest BCUT2D eigenvalue weighted by atomic mass is 32.2. The molecule has 5 heteroatoms. The van der Waals surface area contributed by atoms with Gasteiger partial charge < -0.3 is 18.9 Å². The van der Waals surface area contributed by atoms with Crippen molar-refractivity contribution >= 4 is 11.8 Å². The zero-order valence-corrected chi connectivity index (χ0v) is 14.8. The fourth-order valence-electron chi connectivity index (χ4n) is 2.49.